The first-order chi connectivity index (χ1) is 9.94. The van der Waals surface area contributed by atoms with Crippen molar-refractivity contribution in [3.63, 3.8) is 0 Å². The van der Waals surface area contributed by atoms with E-state index < -0.39 is 23.8 Å². The summed E-state index contributed by atoms with van der Waals surface area (Å²) in [5.74, 6) is -2.45. The van der Waals surface area contributed by atoms with Gasteiger partial charge < -0.3 is 18.6 Å². The van der Waals surface area contributed by atoms with Gasteiger partial charge in [-0.25, -0.2) is 4.79 Å². The molecule has 0 aliphatic heterocycles. The molecule has 7 nitrogen and oxygen atoms in total. The fourth-order valence-corrected chi connectivity index (χ4v) is 1.80. The van der Waals surface area contributed by atoms with E-state index in [9.17, 15) is 14.4 Å². The molecule has 0 aliphatic rings. The van der Waals surface area contributed by atoms with Crippen LogP contribution in [0.1, 0.15) is 28.8 Å². The van der Waals surface area contributed by atoms with Crippen molar-refractivity contribution < 1.29 is 33.0 Å². The fraction of sp³-hybridized carbons (Fsp3) is 0.500. The van der Waals surface area contributed by atoms with Crippen LogP contribution in [0, 0.1) is 12.8 Å². The van der Waals surface area contributed by atoms with Crippen LogP contribution in [0.25, 0.3) is 0 Å². The largest absolute Gasteiger partial charge is 0.468 e. The average molecular weight is 298 g/mol. The maximum absolute atomic E-state index is 11.7. The van der Waals surface area contributed by atoms with Crippen molar-refractivity contribution in [1.29, 1.82) is 0 Å². The molecular formula is C14H18O7. The van der Waals surface area contributed by atoms with Gasteiger partial charge in [-0.05, 0) is 19.9 Å². The number of rotatable bonds is 6. The van der Waals surface area contributed by atoms with Crippen LogP contribution in [-0.2, 0) is 30.2 Å². The normalized spacial score (nSPS) is 10.3. The van der Waals surface area contributed by atoms with E-state index in [1.807, 2.05) is 0 Å². The molecule has 0 amide bonds. The van der Waals surface area contributed by atoms with Crippen molar-refractivity contribution in [2.24, 2.45) is 5.92 Å². The maximum Gasteiger partial charge on any atom is 0.341 e. The van der Waals surface area contributed by atoms with Crippen molar-refractivity contribution in [3.8, 4) is 0 Å². The second-order valence-electron chi connectivity index (χ2n) is 4.21. The maximum atomic E-state index is 11.7. The summed E-state index contributed by atoms with van der Waals surface area (Å²) in [6.45, 7) is 3.53. The van der Waals surface area contributed by atoms with Crippen LogP contribution < -0.4 is 0 Å². The predicted octanol–water partition coefficient (Wildman–Crippen LogP) is 1.27. The number of methoxy groups -OCH3 is 2. The molecule has 1 aromatic heterocycles. The van der Waals surface area contributed by atoms with E-state index in [-0.39, 0.29) is 18.6 Å². The minimum absolute atomic E-state index is 0.0560. The zero-order valence-corrected chi connectivity index (χ0v) is 12.4. The minimum atomic E-state index is -1.14. The van der Waals surface area contributed by atoms with Crippen LogP contribution >= 0.6 is 0 Å². The Morgan fingerprint density at radius 1 is 1.19 bits per heavy atom. The Morgan fingerprint density at radius 2 is 1.76 bits per heavy atom. The quantitative estimate of drug-likeness (QED) is 0.443. The van der Waals surface area contributed by atoms with E-state index in [2.05, 4.69) is 9.47 Å². The molecule has 1 aromatic rings. The van der Waals surface area contributed by atoms with E-state index in [0.717, 1.165) is 0 Å². The van der Waals surface area contributed by atoms with Gasteiger partial charge in [0.25, 0.3) is 0 Å². The predicted molar refractivity (Wildman–Crippen MR) is 70.6 cm³/mol. The van der Waals surface area contributed by atoms with Gasteiger partial charge >= 0.3 is 17.9 Å². The fourth-order valence-electron chi connectivity index (χ4n) is 1.80. The summed E-state index contributed by atoms with van der Waals surface area (Å²) >= 11 is 0. The molecule has 1 heterocycles. The van der Waals surface area contributed by atoms with Crippen molar-refractivity contribution in [2.75, 3.05) is 20.8 Å². The second kappa shape index (κ2) is 7.47. The number of carbonyl (C=O) groups excluding carboxylic acids is 3. The van der Waals surface area contributed by atoms with Crippen molar-refractivity contribution in [2.45, 2.75) is 20.3 Å². The summed E-state index contributed by atoms with van der Waals surface area (Å²) < 4.78 is 19.4. The van der Waals surface area contributed by atoms with E-state index in [0.29, 0.717) is 11.5 Å². The molecule has 116 valence electrons. The molecule has 21 heavy (non-hydrogen) atoms. The molecule has 0 spiro atoms. The molecule has 7 heteroatoms. The Kier molecular flexibility index (Phi) is 5.95. The Bertz CT molecular complexity index is 513. The zero-order chi connectivity index (χ0) is 16.0. The van der Waals surface area contributed by atoms with Crippen molar-refractivity contribution in [3.05, 3.63) is 23.2 Å². The lowest BCUT2D eigenvalue weighted by atomic mass is 10.0. The molecule has 0 N–H and O–H groups in total. The standard InChI is InChI=1S/C14H18O7/c1-5-20-14(17)10-6-9(21-8(10)2)7-11(12(15)18-3)13(16)19-4/h6,11H,5,7H2,1-4H3. The molecule has 0 atom stereocenters. The van der Waals surface area contributed by atoms with Crippen molar-refractivity contribution >= 4 is 17.9 Å². The summed E-state index contributed by atoms with van der Waals surface area (Å²) in [6, 6.07) is 1.45. The van der Waals surface area contributed by atoms with Gasteiger partial charge in [-0.2, -0.15) is 0 Å². The molecule has 0 fully saturated rings. The zero-order valence-electron chi connectivity index (χ0n) is 12.4. The number of esters is 3. The smallest absolute Gasteiger partial charge is 0.341 e. The summed E-state index contributed by atoms with van der Waals surface area (Å²) in [5.41, 5.74) is 0.264. The first kappa shape index (κ1) is 16.7. The van der Waals surface area contributed by atoms with Gasteiger partial charge in [0, 0.05) is 6.42 Å². The molecule has 0 saturated heterocycles. The molecule has 1 rings (SSSR count). The van der Waals surface area contributed by atoms with Crippen LogP contribution in [0.5, 0.6) is 0 Å². The third kappa shape index (κ3) is 4.08. The highest BCUT2D eigenvalue weighted by atomic mass is 16.5. The van der Waals surface area contributed by atoms with E-state index in [4.69, 9.17) is 9.15 Å². The average Bonchev–Trinajstić information content (AvgIpc) is 2.84. The second-order valence-corrected chi connectivity index (χ2v) is 4.21. The number of carbonyl (C=O) groups is 3. The number of ether oxygens (including phenoxy) is 3. The number of aryl methyl sites for hydroxylation is 1. The SMILES string of the molecule is CCOC(=O)c1cc(CC(C(=O)OC)C(=O)OC)oc1C. The summed E-state index contributed by atoms with van der Waals surface area (Å²) in [6.07, 6.45) is -0.0560. The molecule has 0 saturated carbocycles. The lowest BCUT2D eigenvalue weighted by molar-refractivity contribution is -0.158. The molecule has 0 aromatic carbocycles. The van der Waals surface area contributed by atoms with Gasteiger partial charge in [-0.15, -0.1) is 0 Å². The van der Waals surface area contributed by atoms with Gasteiger partial charge in [0.05, 0.1) is 20.8 Å². The highest BCUT2D eigenvalue weighted by molar-refractivity contribution is 5.95. The van der Waals surface area contributed by atoms with E-state index in [1.165, 1.54) is 20.3 Å². The first-order valence-corrected chi connectivity index (χ1v) is 6.36. The monoisotopic (exact) mass is 298 g/mol. The highest BCUT2D eigenvalue weighted by Crippen LogP contribution is 2.20. The Hall–Kier alpha value is -2.31. The summed E-state index contributed by atoms with van der Waals surface area (Å²) in [7, 11) is 2.35. The van der Waals surface area contributed by atoms with Gasteiger partial charge in [-0.3, -0.25) is 9.59 Å². The van der Waals surface area contributed by atoms with E-state index >= 15 is 0 Å². The number of furan rings is 1. The molecular weight excluding hydrogens is 280 g/mol. The topological polar surface area (TPSA) is 92.0 Å². The van der Waals surface area contributed by atoms with Gasteiger partial charge in [0.2, 0.25) is 0 Å². The third-order valence-electron chi connectivity index (χ3n) is 2.84. The molecule has 0 bridgehead atoms. The Morgan fingerprint density at radius 3 is 2.24 bits per heavy atom. The lowest BCUT2D eigenvalue weighted by Gasteiger charge is -2.10. The van der Waals surface area contributed by atoms with Crippen LogP contribution in [-0.4, -0.2) is 38.7 Å². The van der Waals surface area contributed by atoms with E-state index in [1.54, 1.807) is 13.8 Å². The molecule has 0 unspecified atom stereocenters. The van der Waals surface area contributed by atoms with Crippen LogP contribution in [0.3, 0.4) is 0 Å². The summed E-state index contributed by atoms with van der Waals surface area (Å²) in [5, 5.41) is 0. The number of hydrogen-bond donors (Lipinski definition) is 0. The minimum Gasteiger partial charge on any atom is -0.468 e. The first-order valence-electron chi connectivity index (χ1n) is 6.36. The van der Waals surface area contributed by atoms with Crippen LogP contribution in [0.15, 0.2) is 10.5 Å². The Labute approximate surface area is 122 Å². The summed E-state index contributed by atoms with van der Waals surface area (Å²) in [4.78, 5) is 34.9. The lowest BCUT2D eigenvalue weighted by Crippen LogP contribution is -2.28. The van der Waals surface area contributed by atoms with Gasteiger partial charge in [0.15, 0.2) is 5.92 Å². The molecule has 0 radical (unpaired) electrons. The molecule has 0 aliphatic carbocycles. The van der Waals surface area contributed by atoms with Gasteiger partial charge in [-0.1, -0.05) is 0 Å². The number of hydrogen-bond acceptors (Lipinski definition) is 7. The van der Waals surface area contributed by atoms with Crippen LogP contribution in [0.4, 0.5) is 0 Å². The third-order valence-corrected chi connectivity index (χ3v) is 2.84. The van der Waals surface area contributed by atoms with Gasteiger partial charge in [0.1, 0.15) is 17.1 Å². The Balaban J connectivity index is 2.95. The highest BCUT2D eigenvalue weighted by Gasteiger charge is 2.31. The van der Waals surface area contributed by atoms with Crippen molar-refractivity contribution in [1.82, 2.24) is 0 Å². The van der Waals surface area contributed by atoms with Crippen LogP contribution in [0.2, 0.25) is 0 Å².